The van der Waals surface area contributed by atoms with E-state index in [4.69, 9.17) is 23.2 Å². The predicted octanol–water partition coefficient (Wildman–Crippen LogP) is 5.80. The third kappa shape index (κ3) is 2.94. The number of benzene rings is 1. The zero-order valence-corrected chi connectivity index (χ0v) is 12.2. The molecule has 0 bridgehead atoms. The summed E-state index contributed by atoms with van der Waals surface area (Å²) in [5, 5.41) is 1.42. The zero-order chi connectivity index (χ0) is 11.5. The van der Waals surface area contributed by atoms with E-state index in [1.165, 1.54) is 37.7 Å². The van der Waals surface area contributed by atoms with Crippen LogP contribution in [0, 0.1) is 0 Å². The van der Waals surface area contributed by atoms with Crippen LogP contribution >= 0.6 is 39.1 Å². The molecule has 1 aromatic carbocycles. The van der Waals surface area contributed by atoms with Crippen molar-refractivity contribution < 1.29 is 0 Å². The molecule has 0 radical (unpaired) electrons. The summed E-state index contributed by atoms with van der Waals surface area (Å²) in [6.07, 6.45) is 6.26. The Labute approximate surface area is 115 Å². The molecule has 0 spiro atoms. The average molecular weight is 322 g/mol. The van der Waals surface area contributed by atoms with Crippen LogP contribution in [-0.4, -0.2) is 4.83 Å². The maximum Gasteiger partial charge on any atom is 0.0627 e. The first-order chi connectivity index (χ1) is 7.68. The van der Waals surface area contributed by atoms with Gasteiger partial charge in [-0.15, -0.1) is 0 Å². The minimum absolute atomic E-state index is 0.554. The molecule has 1 saturated carbocycles. The molecule has 1 fully saturated rings. The van der Waals surface area contributed by atoms with Crippen molar-refractivity contribution in [2.24, 2.45) is 0 Å². The Hall–Kier alpha value is 0.280. The summed E-state index contributed by atoms with van der Waals surface area (Å²) in [4.78, 5) is 0.620. The van der Waals surface area contributed by atoms with Gasteiger partial charge in [0.25, 0.3) is 0 Å². The molecule has 0 saturated heterocycles. The molecule has 0 aliphatic heterocycles. The summed E-state index contributed by atoms with van der Waals surface area (Å²) in [7, 11) is 0. The lowest BCUT2D eigenvalue weighted by Gasteiger charge is -2.18. The van der Waals surface area contributed by atoms with E-state index in [0.29, 0.717) is 15.8 Å². The van der Waals surface area contributed by atoms with E-state index >= 15 is 0 Å². The highest BCUT2D eigenvalue weighted by atomic mass is 79.9. The first-order valence-corrected chi connectivity index (χ1v) is 7.43. The van der Waals surface area contributed by atoms with Crippen LogP contribution in [0.4, 0.5) is 0 Å². The van der Waals surface area contributed by atoms with Gasteiger partial charge in [-0.25, -0.2) is 0 Å². The molecular weight excluding hydrogens is 307 g/mol. The van der Waals surface area contributed by atoms with Crippen LogP contribution < -0.4 is 0 Å². The Morgan fingerprint density at radius 1 is 1.12 bits per heavy atom. The second kappa shape index (κ2) is 5.75. The summed E-state index contributed by atoms with van der Waals surface area (Å²) >= 11 is 16.1. The summed E-state index contributed by atoms with van der Waals surface area (Å²) in [5.41, 5.74) is 1.22. The Kier molecular flexibility index (Phi) is 4.57. The lowest BCUT2D eigenvalue weighted by molar-refractivity contribution is 0.600. The van der Waals surface area contributed by atoms with Crippen LogP contribution in [-0.2, 0) is 0 Å². The topological polar surface area (TPSA) is 0 Å². The van der Waals surface area contributed by atoms with E-state index in [-0.39, 0.29) is 0 Å². The zero-order valence-electron chi connectivity index (χ0n) is 9.06. The highest BCUT2D eigenvalue weighted by Gasteiger charge is 2.22. The third-order valence-corrected chi connectivity index (χ3v) is 4.95. The number of halogens is 3. The van der Waals surface area contributed by atoms with Crippen LogP contribution in [0.1, 0.15) is 43.6 Å². The summed E-state index contributed by atoms with van der Waals surface area (Å²) in [6.45, 7) is 0. The molecule has 0 N–H and O–H groups in total. The molecule has 2 rings (SSSR count). The monoisotopic (exact) mass is 320 g/mol. The van der Waals surface area contributed by atoms with Crippen molar-refractivity contribution in [1.29, 1.82) is 0 Å². The Bertz CT molecular complexity index is 365. The Morgan fingerprint density at radius 3 is 2.69 bits per heavy atom. The van der Waals surface area contributed by atoms with Crippen molar-refractivity contribution in [3.8, 4) is 0 Å². The first-order valence-electron chi connectivity index (χ1n) is 5.76. The van der Waals surface area contributed by atoms with E-state index in [9.17, 15) is 0 Å². The summed E-state index contributed by atoms with van der Waals surface area (Å²) < 4.78 is 0. The second-order valence-electron chi connectivity index (χ2n) is 4.46. The molecule has 1 aliphatic rings. The molecule has 0 amide bonds. The number of rotatable bonds is 1. The van der Waals surface area contributed by atoms with Crippen LogP contribution in [0.15, 0.2) is 18.2 Å². The van der Waals surface area contributed by atoms with Gasteiger partial charge in [-0.05, 0) is 36.8 Å². The average Bonchev–Trinajstić information content (AvgIpc) is 2.47. The van der Waals surface area contributed by atoms with Gasteiger partial charge in [0, 0.05) is 4.83 Å². The smallest absolute Gasteiger partial charge is 0.0627 e. The maximum absolute atomic E-state index is 6.28. The van der Waals surface area contributed by atoms with E-state index in [1.54, 1.807) is 0 Å². The fourth-order valence-electron chi connectivity index (χ4n) is 2.42. The molecule has 1 aromatic rings. The van der Waals surface area contributed by atoms with E-state index < -0.39 is 0 Å². The molecule has 88 valence electrons. The predicted molar refractivity (Wildman–Crippen MR) is 75.0 cm³/mol. The van der Waals surface area contributed by atoms with Crippen molar-refractivity contribution in [3.63, 3.8) is 0 Å². The van der Waals surface area contributed by atoms with Crippen molar-refractivity contribution in [2.75, 3.05) is 0 Å². The van der Waals surface area contributed by atoms with Crippen molar-refractivity contribution >= 4 is 39.1 Å². The molecule has 0 heterocycles. The SMILES string of the molecule is Clc1cccc(C2CCCCC(Br)C2)c1Cl. The van der Waals surface area contributed by atoms with Gasteiger partial charge in [0.1, 0.15) is 0 Å². The lowest BCUT2D eigenvalue weighted by Crippen LogP contribution is -2.04. The van der Waals surface area contributed by atoms with Gasteiger partial charge in [0.15, 0.2) is 0 Å². The van der Waals surface area contributed by atoms with E-state index in [1.807, 2.05) is 12.1 Å². The summed E-state index contributed by atoms with van der Waals surface area (Å²) in [5.74, 6) is 0.554. The summed E-state index contributed by atoms with van der Waals surface area (Å²) in [6, 6.07) is 5.97. The number of alkyl halides is 1. The van der Waals surface area contributed by atoms with Crippen molar-refractivity contribution in [2.45, 2.75) is 42.8 Å². The minimum Gasteiger partial charge on any atom is -0.0890 e. The third-order valence-electron chi connectivity index (χ3n) is 3.28. The van der Waals surface area contributed by atoms with E-state index in [2.05, 4.69) is 22.0 Å². The standard InChI is InChI=1S/C13H15BrCl2/c14-10-5-2-1-4-9(8-10)11-6-3-7-12(15)13(11)16/h3,6-7,9-10H,1-2,4-5,8H2. The van der Waals surface area contributed by atoms with Crippen LogP contribution in [0.3, 0.4) is 0 Å². The molecule has 0 nitrogen and oxygen atoms in total. The normalized spacial score (nSPS) is 26.4. The number of hydrogen-bond donors (Lipinski definition) is 0. The first kappa shape index (κ1) is 12.7. The van der Waals surface area contributed by atoms with Gasteiger partial charge in [0.2, 0.25) is 0 Å². The molecule has 1 aliphatic carbocycles. The van der Waals surface area contributed by atoms with Gasteiger partial charge in [0.05, 0.1) is 10.0 Å². The molecule has 3 heteroatoms. The van der Waals surface area contributed by atoms with Gasteiger partial charge >= 0.3 is 0 Å². The van der Waals surface area contributed by atoms with E-state index in [0.717, 1.165) is 5.02 Å². The highest BCUT2D eigenvalue weighted by molar-refractivity contribution is 9.09. The molecule has 2 atom stereocenters. The van der Waals surface area contributed by atoms with Crippen molar-refractivity contribution in [3.05, 3.63) is 33.8 Å². The van der Waals surface area contributed by atoms with Crippen LogP contribution in [0.2, 0.25) is 10.0 Å². The molecule has 16 heavy (non-hydrogen) atoms. The fraction of sp³-hybridized carbons (Fsp3) is 0.538. The van der Waals surface area contributed by atoms with Gasteiger partial charge in [-0.1, -0.05) is 64.1 Å². The van der Waals surface area contributed by atoms with Gasteiger partial charge in [-0.3, -0.25) is 0 Å². The lowest BCUT2D eigenvalue weighted by atomic mass is 9.92. The minimum atomic E-state index is 0.554. The Balaban J connectivity index is 2.24. The Morgan fingerprint density at radius 2 is 1.88 bits per heavy atom. The van der Waals surface area contributed by atoms with Gasteiger partial charge in [-0.2, -0.15) is 0 Å². The fourth-order valence-corrected chi connectivity index (χ4v) is 3.66. The highest BCUT2D eigenvalue weighted by Crippen LogP contribution is 2.39. The van der Waals surface area contributed by atoms with Crippen molar-refractivity contribution in [1.82, 2.24) is 0 Å². The largest absolute Gasteiger partial charge is 0.0890 e. The second-order valence-corrected chi connectivity index (χ2v) is 6.54. The molecule has 0 aromatic heterocycles. The maximum atomic E-state index is 6.28. The molecule has 2 unspecified atom stereocenters. The number of hydrogen-bond acceptors (Lipinski definition) is 0. The molecular formula is C13H15BrCl2. The van der Waals surface area contributed by atoms with Gasteiger partial charge < -0.3 is 0 Å². The quantitative estimate of drug-likeness (QED) is 0.452. The van der Waals surface area contributed by atoms with Crippen LogP contribution in [0.5, 0.6) is 0 Å². The van der Waals surface area contributed by atoms with Crippen LogP contribution in [0.25, 0.3) is 0 Å².